The quantitative estimate of drug-likeness (QED) is 0.490. The minimum atomic E-state index is -0.637. The van der Waals surface area contributed by atoms with E-state index in [2.05, 4.69) is 21.2 Å². The minimum Gasteiger partial charge on any atom is -0.484 e. The van der Waals surface area contributed by atoms with Crippen molar-refractivity contribution in [3.63, 3.8) is 0 Å². The fourth-order valence-electron chi connectivity index (χ4n) is 3.05. The highest BCUT2D eigenvalue weighted by atomic mass is 79.9. The van der Waals surface area contributed by atoms with E-state index in [0.717, 1.165) is 27.6 Å². The number of carbonyl (C=O) groups excluding carboxylic acids is 2. The molecular weight excluding hydrogens is 480 g/mol. The summed E-state index contributed by atoms with van der Waals surface area (Å²) in [6, 6.07) is 10.7. The summed E-state index contributed by atoms with van der Waals surface area (Å²) in [5.41, 5.74) is 2.70. The van der Waals surface area contributed by atoms with E-state index in [1.165, 1.54) is 0 Å². The molecule has 0 bridgehead atoms. The van der Waals surface area contributed by atoms with Crippen LogP contribution in [0.1, 0.15) is 43.9 Å². The van der Waals surface area contributed by atoms with E-state index in [-0.39, 0.29) is 24.5 Å². The lowest BCUT2D eigenvalue weighted by atomic mass is 10.1. The second-order valence-electron chi connectivity index (χ2n) is 7.80. The first kappa shape index (κ1) is 25.2. The topological polar surface area (TPSA) is 58.6 Å². The Labute approximate surface area is 198 Å². The maximum absolute atomic E-state index is 13.1. The molecule has 0 spiro atoms. The smallest absolute Gasteiger partial charge is 0.261 e. The van der Waals surface area contributed by atoms with Crippen molar-refractivity contribution in [2.75, 3.05) is 6.61 Å². The second-order valence-corrected chi connectivity index (χ2v) is 9.10. The molecule has 0 aliphatic heterocycles. The number of amides is 2. The van der Waals surface area contributed by atoms with Gasteiger partial charge in [-0.15, -0.1) is 0 Å². The molecule has 1 N–H and O–H groups in total. The number of rotatable bonds is 9. The van der Waals surface area contributed by atoms with Crippen molar-refractivity contribution in [1.82, 2.24) is 10.2 Å². The molecule has 2 aromatic rings. The predicted molar refractivity (Wildman–Crippen MR) is 128 cm³/mol. The molecule has 0 fully saturated rings. The number of benzene rings is 2. The van der Waals surface area contributed by atoms with E-state index in [1.807, 2.05) is 52.0 Å². The SMILES string of the molecule is CC[C@H](C)NC(=O)[C@@H](C)N(Cc1ccc(Br)cc1)C(=O)COc1cc(C)c(Cl)c(C)c1. The Kier molecular flexibility index (Phi) is 9.38. The Morgan fingerprint density at radius 3 is 2.26 bits per heavy atom. The summed E-state index contributed by atoms with van der Waals surface area (Å²) in [7, 11) is 0. The molecule has 5 nitrogen and oxygen atoms in total. The maximum Gasteiger partial charge on any atom is 0.261 e. The van der Waals surface area contributed by atoms with Gasteiger partial charge in [0.2, 0.25) is 5.91 Å². The lowest BCUT2D eigenvalue weighted by molar-refractivity contribution is -0.142. The van der Waals surface area contributed by atoms with Crippen LogP contribution >= 0.6 is 27.5 Å². The number of nitrogens with zero attached hydrogens (tertiary/aromatic N) is 1. The molecule has 31 heavy (non-hydrogen) atoms. The molecule has 0 saturated carbocycles. The van der Waals surface area contributed by atoms with Gasteiger partial charge in [0.1, 0.15) is 11.8 Å². The van der Waals surface area contributed by atoms with Gasteiger partial charge in [-0.3, -0.25) is 9.59 Å². The van der Waals surface area contributed by atoms with Crippen molar-refractivity contribution in [1.29, 1.82) is 0 Å². The van der Waals surface area contributed by atoms with Crippen LogP contribution in [0.5, 0.6) is 5.75 Å². The summed E-state index contributed by atoms with van der Waals surface area (Å²) >= 11 is 9.64. The number of aryl methyl sites for hydroxylation is 2. The zero-order valence-corrected chi connectivity index (χ0v) is 21.0. The van der Waals surface area contributed by atoms with Crippen LogP contribution in [0.25, 0.3) is 0 Å². The van der Waals surface area contributed by atoms with Crippen molar-refractivity contribution >= 4 is 39.3 Å². The normalized spacial score (nSPS) is 12.7. The monoisotopic (exact) mass is 508 g/mol. The number of ether oxygens (including phenoxy) is 1. The summed E-state index contributed by atoms with van der Waals surface area (Å²) in [6.45, 7) is 9.62. The van der Waals surface area contributed by atoms with E-state index in [4.69, 9.17) is 16.3 Å². The zero-order chi connectivity index (χ0) is 23.1. The van der Waals surface area contributed by atoms with Gasteiger partial charge < -0.3 is 15.0 Å². The number of nitrogens with one attached hydrogen (secondary N) is 1. The molecule has 168 valence electrons. The molecule has 2 aromatic carbocycles. The van der Waals surface area contributed by atoms with Crippen LogP contribution in [-0.2, 0) is 16.1 Å². The molecule has 2 atom stereocenters. The van der Waals surface area contributed by atoms with Gasteiger partial charge in [-0.25, -0.2) is 0 Å². The molecule has 0 saturated heterocycles. The zero-order valence-electron chi connectivity index (χ0n) is 18.7. The van der Waals surface area contributed by atoms with Crippen LogP contribution in [0.15, 0.2) is 40.9 Å². The lowest BCUT2D eigenvalue weighted by Gasteiger charge is -2.29. The van der Waals surface area contributed by atoms with Crippen LogP contribution in [0, 0.1) is 13.8 Å². The van der Waals surface area contributed by atoms with E-state index in [1.54, 1.807) is 24.0 Å². The minimum absolute atomic E-state index is 0.0378. The summed E-state index contributed by atoms with van der Waals surface area (Å²) < 4.78 is 6.72. The van der Waals surface area contributed by atoms with Gasteiger partial charge in [-0.2, -0.15) is 0 Å². The van der Waals surface area contributed by atoms with Crippen molar-refractivity contribution in [3.05, 3.63) is 62.6 Å². The standard InChI is InChI=1S/C24H30BrClN2O3/c1-6-17(4)27-24(30)18(5)28(13-19-7-9-20(25)10-8-19)22(29)14-31-21-11-15(2)23(26)16(3)12-21/h7-12,17-18H,6,13-14H2,1-5H3,(H,27,30)/t17-,18+/m0/s1. The van der Waals surface area contributed by atoms with Gasteiger partial charge in [-0.1, -0.05) is 46.6 Å². The Bertz CT molecular complexity index is 895. The number of hydrogen-bond acceptors (Lipinski definition) is 3. The van der Waals surface area contributed by atoms with Crippen molar-refractivity contribution < 1.29 is 14.3 Å². The Morgan fingerprint density at radius 1 is 1.13 bits per heavy atom. The van der Waals surface area contributed by atoms with Gasteiger partial charge in [0.05, 0.1) is 0 Å². The molecule has 0 aliphatic rings. The average Bonchev–Trinajstić information content (AvgIpc) is 2.74. The third kappa shape index (κ3) is 7.25. The lowest BCUT2D eigenvalue weighted by Crippen LogP contribution is -2.50. The van der Waals surface area contributed by atoms with Crippen molar-refractivity contribution in [2.24, 2.45) is 0 Å². The van der Waals surface area contributed by atoms with E-state index < -0.39 is 6.04 Å². The van der Waals surface area contributed by atoms with Crippen molar-refractivity contribution in [2.45, 2.75) is 59.7 Å². The highest BCUT2D eigenvalue weighted by molar-refractivity contribution is 9.10. The summed E-state index contributed by atoms with van der Waals surface area (Å²) in [4.78, 5) is 27.4. The first-order valence-corrected chi connectivity index (χ1v) is 11.5. The maximum atomic E-state index is 13.1. The number of halogens is 2. The third-order valence-electron chi connectivity index (χ3n) is 5.21. The van der Waals surface area contributed by atoms with Crippen LogP contribution in [-0.4, -0.2) is 35.4 Å². The Morgan fingerprint density at radius 2 is 1.71 bits per heavy atom. The molecule has 0 heterocycles. The fourth-order valence-corrected chi connectivity index (χ4v) is 3.43. The highest BCUT2D eigenvalue weighted by Gasteiger charge is 2.27. The first-order valence-electron chi connectivity index (χ1n) is 10.4. The Balaban J connectivity index is 2.18. The predicted octanol–water partition coefficient (Wildman–Crippen LogP) is 5.43. The van der Waals surface area contributed by atoms with Gasteiger partial charge >= 0.3 is 0 Å². The van der Waals surface area contributed by atoms with Crippen molar-refractivity contribution in [3.8, 4) is 5.75 Å². The first-order chi connectivity index (χ1) is 14.6. The van der Waals surface area contributed by atoms with Gasteiger partial charge in [-0.05, 0) is 75.1 Å². The highest BCUT2D eigenvalue weighted by Crippen LogP contribution is 2.26. The summed E-state index contributed by atoms with van der Waals surface area (Å²) in [5.74, 6) is 0.131. The van der Waals surface area contributed by atoms with Crippen LogP contribution in [0.3, 0.4) is 0 Å². The molecule has 2 amide bonds. The van der Waals surface area contributed by atoms with E-state index in [0.29, 0.717) is 17.3 Å². The van der Waals surface area contributed by atoms with Crippen LogP contribution in [0.2, 0.25) is 5.02 Å². The van der Waals surface area contributed by atoms with E-state index >= 15 is 0 Å². The molecule has 0 aromatic heterocycles. The van der Waals surface area contributed by atoms with Gasteiger partial charge in [0.15, 0.2) is 6.61 Å². The number of hydrogen-bond donors (Lipinski definition) is 1. The Hall–Kier alpha value is -2.05. The average molecular weight is 510 g/mol. The van der Waals surface area contributed by atoms with Gasteiger partial charge in [0, 0.05) is 22.1 Å². The third-order valence-corrected chi connectivity index (χ3v) is 6.33. The molecular formula is C24H30BrClN2O3. The van der Waals surface area contributed by atoms with E-state index in [9.17, 15) is 9.59 Å². The van der Waals surface area contributed by atoms with Crippen LogP contribution in [0.4, 0.5) is 0 Å². The summed E-state index contributed by atoms with van der Waals surface area (Å²) in [5, 5.41) is 3.64. The molecule has 0 unspecified atom stereocenters. The molecule has 7 heteroatoms. The largest absolute Gasteiger partial charge is 0.484 e. The summed E-state index contributed by atoms with van der Waals surface area (Å²) in [6.07, 6.45) is 0.817. The number of carbonyl (C=O) groups is 2. The second kappa shape index (κ2) is 11.5. The van der Waals surface area contributed by atoms with Gasteiger partial charge in [0.25, 0.3) is 5.91 Å². The molecule has 0 radical (unpaired) electrons. The molecule has 0 aliphatic carbocycles. The fraction of sp³-hybridized carbons (Fsp3) is 0.417. The van der Waals surface area contributed by atoms with Crippen LogP contribution < -0.4 is 10.1 Å². The molecule has 2 rings (SSSR count).